The number of hydrogen-bond donors (Lipinski definition) is 3. The van der Waals surface area contributed by atoms with E-state index in [0.29, 0.717) is 11.4 Å². The van der Waals surface area contributed by atoms with Crippen LogP contribution in [0.3, 0.4) is 0 Å². The Hall–Kier alpha value is -5.02. The van der Waals surface area contributed by atoms with Crippen LogP contribution in [-0.2, 0) is 38.4 Å². The number of imidazole rings is 1. The van der Waals surface area contributed by atoms with Crippen LogP contribution < -0.4 is 16.0 Å². The molecule has 9 heteroatoms. The van der Waals surface area contributed by atoms with Crippen LogP contribution in [0.25, 0.3) is 22.4 Å². The summed E-state index contributed by atoms with van der Waals surface area (Å²) < 4.78 is 3.51. The summed E-state index contributed by atoms with van der Waals surface area (Å²) in [5.74, 6) is -0.772. The van der Waals surface area contributed by atoms with Crippen molar-refractivity contribution in [3.05, 3.63) is 113 Å². The summed E-state index contributed by atoms with van der Waals surface area (Å²) in [5, 5.41) is 13.8. The maximum Gasteiger partial charge on any atom is 0.270 e. The molecule has 0 saturated heterocycles. The first-order valence-electron chi connectivity index (χ1n) is 15.5. The number of amides is 2. The lowest BCUT2D eigenvalue weighted by molar-refractivity contribution is -0.118. The van der Waals surface area contributed by atoms with E-state index in [4.69, 9.17) is 0 Å². The minimum Gasteiger partial charge on any atom is -0.338 e. The molecule has 45 heavy (non-hydrogen) atoms. The highest BCUT2D eigenvalue weighted by Gasteiger charge is 2.35. The summed E-state index contributed by atoms with van der Waals surface area (Å²) in [6, 6.07) is 21.9. The Balaban J connectivity index is 1.21. The molecule has 0 radical (unpaired) electrons. The van der Waals surface area contributed by atoms with Crippen molar-refractivity contribution in [1.29, 1.82) is 0 Å². The molecule has 9 nitrogen and oxygen atoms in total. The number of hydrogen-bond acceptors (Lipinski definition) is 5. The maximum atomic E-state index is 14.1. The fourth-order valence-electron chi connectivity index (χ4n) is 6.89. The average molecular weight is 600 g/mol. The van der Waals surface area contributed by atoms with Gasteiger partial charge in [0.15, 0.2) is 0 Å². The molecular weight excluding hydrogens is 562 g/mol. The minimum atomic E-state index is -0.787. The molecule has 3 N–H and O–H groups in total. The van der Waals surface area contributed by atoms with E-state index in [1.807, 2.05) is 42.8 Å². The predicted octanol–water partition coefficient (Wildman–Crippen LogP) is 5.26. The third-order valence-corrected chi connectivity index (χ3v) is 9.25. The standard InChI is InChI=1S/C36H37N7O2/c1-22-34(42(2)21-38-22)24-11-13-29(14-12-24)40-36(45)33(41-35(44)32-15-16-39-43(32)3)30-6-4-5-23-7-8-26(18-31(23)30)25-9-10-27-19-37-20-28(27)17-25/h7-18,21,30,33,37H,4-6,19-20H2,1-3H3,(H,40,45)(H,41,44)/t30-,33+/m1/s1. The first-order chi connectivity index (χ1) is 21.9. The largest absolute Gasteiger partial charge is 0.338 e. The highest BCUT2D eigenvalue weighted by atomic mass is 16.2. The number of nitrogens with zero attached hydrogens (tertiary/aromatic N) is 4. The van der Waals surface area contributed by atoms with Crippen LogP contribution in [0.1, 0.15) is 57.2 Å². The van der Waals surface area contributed by atoms with Gasteiger partial charge in [0.1, 0.15) is 11.7 Å². The van der Waals surface area contributed by atoms with Crippen LogP contribution in [0, 0.1) is 6.92 Å². The molecule has 2 amide bonds. The molecule has 2 atom stereocenters. The lowest BCUT2D eigenvalue weighted by Crippen LogP contribution is -2.48. The highest BCUT2D eigenvalue weighted by molar-refractivity contribution is 6.01. The number of carbonyl (C=O) groups is 2. The number of anilines is 1. The van der Waals surface area contributed by atoms with Gasteiger partial charge in [-0.3, -0.25) is 14.3 Å². The molecule has 0 spiro atoms. The molecule has 0 saturated carbocycles. The first-order valence-corrected chi connectivity index (χ1v) is 15.5. The van der Waals surface area contributed by atoms with Crippen molar-refractivity contribution in [2.75, 3.05) is 5.32 Å². The van der Waals surface area contributed by atoms with Crippen molar-refractivity contribution >= 4 is 17.5 Å². The van der Waals surface area contributed by atoms with Crippen LogP contribution >= 0.6 is 0 Å². The Bertz CT molecular complexity index is 1880. The summed E-state index contributed by atoms with van der Waals surface area (Å²) in [5.41, 5.74) is 11.3. The van der Waals surface area contributed by atoms with Crippen molar-refractivity contribution in [3.8, 4) is 22.4 Å². The second kappa shape index (κ2) is 11.8. The molecule has 3 aromatic carbocycles. The lowest BCUT2D eigenvalue weighted by Gasteiger charge is -2.32. The average Bonchev–Trinajstić information content (AvgIpc) is 3.79. The molecule has 1 aliphatic heterocycles. The SMILES string of the molecule is Cc1ncn(C)c1-c1ccc(NC(=O)[C@@H](NC(=O)c2ccnn2C)[C@@H]2CCCc3ccc(-c4ccc5c(c4)CNC5)cc32)cc1. The number of nitrogens with one attached hydrogen (secondary N) is 3. The zero-order valence-electron chi connectivity index (χ0n) is 25.8. The fraction of sp³-hybridized carbons (Fsp3) is 0.278. The molecule has 5 aromatic rings. The van der Waals surface area contributed by atoms with Gasteiger partial charge in [-0.1, -0.05) is 42.5 Å². The Morgan fingerprint density at radius 1 is 0.911 bits per heavy atom. The highest BCUT2D eigenvalue weighted by Crippen LogP contribution is 2.38. The fourth-order valence-corrected chi connectivity index (χ4v) is 6.89. The van der Waals surface area contributed by atoms with Gasteiger partial charge in [-0.2, -0.15) is 5.10 Å². The Morgan fingerprint density at radius 3 is 2.38 bits per heavy atom. The number of fused-ring (bicyclic) bond motifs is 2. The zero-order valence-corrected chi connectivity index (χ0v) is 25.8. The van der Waals surface area contributed by atoms with Crippen LogP contribution in [0.5, 0.6) is 0 Å². The van der Waals surface area contributed by atoms with E-state index in [1.54, 1.807) is 25.6 Å². The third-order valence-electron chi connectivity index (χ3n) is 9.25. The molecule has 2 aliphatic rings. The molecular formula is C36H37N7O2. The number of rotatable bonds is 7. The van der Waals surface area contributed by atoms with Crippen molar-refractivity contribution in [1.82, 2.24) is 30.0 Å². The maximum absolute atomic E-state index is 14.1. The summed E-state index contributed by atoms with van der Waals surface area (Å²) in [7, 11) is 3.69. The zero-order chi connectivity index (χ0) is 31.1. The summed E-state index contributed by atoms with van der Waals surface area (Å²) in [6.07, 6.45) is 6.05. The van der Waals surface area contributed by atoms with E-state index < -0.39 is 6.04 Å². The number of benzene rings is 3. The second-order valence-corrected chi connectivity index (χ2v) is 12.1. The van der Waals surface area contributed by atoms with Gasteiger partial charge in [0, 0.05) is 50.6 Å². The van der Waals surface area contributed by atoms with Crippen LogP contribution in [0.2, 0.25) is 0 Å². The van der Waals surface area contributed by atoms with Crippen molar-refractivity contribution in [2.24, 2.45) is 14.1 Å². The van der Waals surface area contributed by atoms with Gasteiger partial charge in [-0.25, -0.2) is 4.98 Å². The molecule has 3 heterocycles. The van der Waals surface area contributed by atoms with Gasteiger partial charge in [-0.05, 0) is 83.8 Å². The van der Waals surface area contributed by atoms with Gasteiger partial charge in [-0.15, -0.1) is 0 Å². The van der Waals surface area contributed by atoms with E-state index in [9.17, 15) is 9.59 Å². The normalized spacial score (nSPS) is 16.1. The molecule has 0 unspecified atom stereocenters. The molecule has 2 aromatic heterocycles. The van der Waals surface area contributed by atoms with E-state index in [-0.39, 0.29) is 17.7 Å². The van der Waals surface area contributed by atoms with E-state index >= 15 is 0 Å². The molecule has 1 aliphatic carbocycles. The van der Waals surface area contributed by atoms with Crippen molar-refractivity contribution in [2.45, 2.75) is 51.2 Å². The lowest BCUT2D eigenvalue weighted by atomic mass is 9.77. The minimum absolute atomic E-state index is 0.196. The smallest absolute Gasteiger partial charge is 0.270 e. The Labute approximate surface area is 262 Å². The van der Waals surface area contributed by atoms with Gasteiger partial charge in [0.25, 0.3) is 5.91 Å². The van der Waals surface area contributed by atoms with E-state index in [2.05, 4.69) is 62.4 Å². The summed E-state index contributed by atoms with van der Waals surface area (Å²) >= 11 is 0. The quantitative estimate of drug-likeness (QED) is 0.237. The topological polar surface area (TPSA) is 106 Å². The van der Waals surface area contributed by atoms with Gasteiger partial charge >= 0.3 is 0 Å². The third kappa shape index (κ3) is 5.55. The van der Waals surface area contributed by atoms with Crippen LogP contribution in [0.15, 0.2) is 79.3 Å². The summed E-state index contributed by atoms with van der Waals surface area (Å²) in [6.45, 7) is 3.76. The first kappa shape index (κ1) is 28.7. The predicted molar refractivity (Wildman–Crippen MR) is 175 cm³/mol. The number of carbonyl (C=O) groups excluding carboxylic acids is 2. The monoisotopic (exact) mass is 599 g/mol. The van der Waals surface area contributed by atoms with E-state index in [1.165, 1.54) is 21.4 Å². The molecule has 7 rings (SSSR count). The van der Waals surface area contributed by atoms with E-state index in [0.717, 1.165) is 66.0 Å². The second-order valence-electron chi connectivity index (χ2n) is 12.1. The Morgan fingerprint density at radius 2 is 1.64 bits per heavy atom. The van der Waals surface area contributed by atoms with Gasteiger partial charge in [0.2, 0.25) is 5.91 Å². The molecule has 0 bridgehead atoms. The summed E-state index contributed by atoms with van der Waals surface area (Å²) in [4.78, 5) is 32.1. The molecule has 228 valence electrons. The van der Waals surface area contributed by atoms with Gasteiger partial charge in [0.05, 0.1) is 17.7 Å². The number of aryl methyl sites for hydroxylation is 4. The van der Waals surface area contributed by atoms with Crippen molar-refractivity contribution < 1.29 is 9.59 Å². The molecule has 0 fully saturated rings. The van der Waals surface area contributed by atoms with Gasteiger partial charge < -0.3 is 20.5 Å². The van der Waals surface area contributed by atoms with Crippen LogP contribution in [-0.4, -0.2) is 37.2 Å². The Kier molecular flexibility index (Phi) is 7.55. The van der Waals surface area contributed by atoms with Crippen molar-refractivity contribution in [3.63, 3.8) is 0 Å². The van der Waals surface area contributed by atoms with Crippen LogP contribution in [0.4, 0.5) is 5.69 Å². The number of aromatic nitrogens is 4.